The van der Waals surface area contributed by atoms with E-state index in [2.05, 4.69) is 101 Å². The standard InChI is InChI=1S/C30H31N3O/c1-28(2,22-13-7-5-8-14-22)30(29(3,4)23-15-9-6-10-16-23)20-19-27(34)26(21-30)33-31-24-17-11-12-18-25(24)32-33/h5-21,27,34H,1-4H3. The van der Waals surface area contributed by atoms with Crippen LogP contribution in [-0.4, -0.2) is 26.2 Å². The maximum absolute atomic E-state index is 11.1. The first-order valence-corrected chi connectivity index (χ1v) is 11.8. The Kier molecular flexibility index (Phi) is 5.29. The van der Waals surface area contributed by atoms with Gasteiger partial charge in [-0.2, -0.15) is 4.80 Å². The fourth-order valence-corrected chi connectivity index (χ4v) is 5.61. The number of hydrogen-bond acceptors (Lipinski definition) is 3. The highest BCUT2D eigenvalue weighted by atomic mass is 16.3. The lowest BCUT2D eigenvalue weighted by atomic mass is 9.48. The Labute approximate surface area is 201 Å². The molecule has 0 radical (unpaired) electrons. The van der Waals surface area contributed by atoms with Crippen LogP contribution >= 0.6 is 0 Å². The molecule has 34 heavy (non-hydrogen) atoms. The van der Waals surface area contributed by atoms with Crippen LogP contribution in [0.2, 0.25) is 0 Å². The third kappa shape index (κ3) is 3.33. The number of aromatic nitrogens is 3. The van der Waals surface area contributed by atoms with Gasteiger partial charge in [-0.25, -0.2) is 0 Å². The molecule has 4 aromatic rings. The highest BCUT2D eigenvalue weighted by Crippen LogP contribution is 2.58. The van der Waals surface area contributed by atoms with E-state index in [1.807, 2.05) is 30.3 Å². The predicted molar refractivity (Wildman–Crippen MR) is 138 cm³/mol. The minimum atomic E-state index is -0.798. The number of hydrogen-bond donors (Lipinski definition) is 1. The third-order valence-electron chi connectivity index (χ3n) is 7.80. The Morgan fingerprint density at radius 3 is 1.62 bits per heavy atom. The lowest BCUT2D eigenvalue weighted by Crippen LogP contribution is -2.53. The van der Waals surface area contributed by atoms with Gasteiger partial charge in [0.2, 0.25) is 0 Å². The molecule has 0 saturated heterocycles. The molecule has 4 nitrogen and oxygen atoms in total. The van der Waals surface area contributed by atoms with Crippen LogP contribution in [-0.2, 0) is 10.8 Å². The highest BCUT2D eigenvalue weighted by Gasteiger charge is 2.55. The van der Waals surface area contributed by atoms with Crippen LogP contribution in [0.15, 0.2) is 103 Å². The summed E-state index contributed by atoms with van der Waals surface area (Å²) in [5.74, 6) is 0. The van der Waals surface area contributed by atoms with Crippen molar-refractivity contribution in [2.24, 2.45) is 5.41 Å². The number of rotatable bonds is 5. The van der Waals surface area contributed by atoms with Crippen LogP contribution in [0.1, 0.15) is 38.8 Å². The minimum absolute atomic E-state index is 0.317. The van der Waals surface area contributed by atoms with Gasteiger partial charge in [-0.05, 0) is 29.3 Å². The number of aliphatic hydroxyl groups excluding tert-OH is 1. The lowest BCUT2D eigenvalue weighted by molar-refractivity contribution is 0.152. The Bertz CT molecular complexity index is 1280. The fraction of sp³-hybridized carbons (Fsp3) is 0.267. The van der Waals surface area contributed by atoms with Gasteiger partial charge in [-0.15, -0.1) is 10.2 Å². The topological polar surface area (TPSA) is 50.9 Å². The number of aliphatic hydroxyl groups is 1. The van der Waals surface area contributed by atoms with Crippen molar-refractivity contribution in [2.75, 3.05) is 0 Å². The Balaban J connectivity index is 1.78. The zero-order chi connectivity index (χ0) is 24.0. The molecular weight excluding hydrogens is 418 g/mol. The average Bonchev–Trinajstić information content (AvgIpc) is 3.29. The van der Waals surface area contributed by atoms with E-state index >= 15 is 0 Å². The number of fused-ring (bicyclic) bond motifs is 1. The Morgan fingerprint density at radius 1 is 0.706 bits per heavy atom. The largest absolute Gasteiger partial charge is 0.383 e. The minimum Gasteiger partial charge on any atom is -0.383 e. The van der Waals surface area contributed by atoms with E-state index in [1.165, 1.54) is 11.1 Å². The smallest absolute Gasteiger partial charge is 0.116 e. The second-order valence-corrected chi connectivity index (χ2v) is 10.2. The van der Waals surface area contributed by atoms with Gasteiger partial charge in [0, 0.05) is 16.2 Å². The van der Waals surface area contributed by atoms with Gasteiger partial charge in [0.25, 0.3) is 0 Å². The molecule has 0 saturated carbocycles. The Hall–Kier alpha value is -3.50. The Morgan fingerprint density at radius 2 is 1.15 bits per heavy atom. The summed E-state index contributed by atoms with van der Waals surface area (Å²) < 4.78 is 0. The zero-order valence-electron chi connectivity index (χ0n) is 20.2. The molecule has 0 amide bonds. The van der Waals surface area contributed by atoms with Crippen molar-refractivity contribution < 1.29 is 5.11 Å². The number of nitrogens with zero attached hydrogens (tertiary/aromatic N) is 3. The molecule has 0 fully saturated rings. The van der Waals surface area contributed by atoms with Crippen LogP contribution in [0.4, 0.5) is 0 Å². The first kappa shape index (κ1) is 22.3. The van der Waals surface area contributed by atoms with Gasteiger partial charge in [-0.3, -0.25) is 0 Å². The molecule has 1 aromatic heterocycles. The first-order chi connectivity index (χ1) is 16.3. The summed E-state index contributed by atoms with van der Waals surface area (Å²) in [5, 5.41) is 20.5. The monoisotopic (exact) mass is 449 g/mol. The molecule has 1 unspecified atom stereocenters. The van der Waals surface area contributed by atoms with E-state index in [1.54, 1.807) is 4.80 Å². The SMILES string of the molecule is CC(C)(c1ccccc1)C1(C(C)(C)c2ccccc2)C=CC(O)C(n2nc3ccccc3n2)=C1. The fourth-order valence-electron chi connectivity index (χ4n) is 5.61. The van der Waals surface area contributed by atoms with E-state index in [0.717, 1.165) is 11.0 Å². The predicted octanol–water partition coefficient (Wildman–Crippen LogP) is 6.14. The molecule has 4 heteroatoms. The van der Waals surface area contributed by atoms with Crippen LogP contribution in [0.5, 0.6) is 0 Å². The number of allylic oxidation sites excluding steroid dienone is 2. The molecule has 1 aliphatic carbocycles. The van der Waals surface area contributed by atoms with E-state index in [0.29, 0.717) is 5.70 Å². The molecule has 172 valence electrons. The van der Waals surface area contributed by atoms with Crippen molar-refractivity contribution in [3.05, 3.63) is 114 Å². The van der Waals surface area contributed by atoms with Crippen LogP contribution in [0.3, 0.4) is 0 Å². The summed E-state index contributed by atoms with van der Waals surface area (Å²) in [7, 11) is 0. The van der Waals surface area contributed by atoms with Gasteiger partial charge in [0.15, 0.2) is 0 Å². The molecule has 1 heterocycles. The van der Waals surface area contributed by atoms with Crippen molar-refractivity contribution in [1.82, 2.24) is 15.0 Å². The molecule has 0 bridgehead atoms. The lowest BCUT2D eigenvalue weighted by Gasteiger charge is -2.55. The maximum Gasteiger partial charge on any atom is 0.116 e. The third-order valence-corrected chi connectivity index (χ3v) is 7.80. The molecule has 5 rings (SSSR count). The van der Waals surface area contributed by atoms with Gasteiger partial charge in [0.05, 0.1) is 5.70 Å². The molecule has 0 aliphatic heterocycles. The molecule has 1 N–H and O–H groups in total. The zero-order valence-corrected chi connectivity index (χ0v) is 20.2. The number of benzene rings is 3. The van der Waals surface area contributed by atoms with E-state index in [4.69, 9.17) is 10.2 Å². The quantitative estimate of drug-likeness (QED) is 0.372. The molecule has 1 atom stereocenters. The van der Waals surface area contributed by atoms with E-state index in [-0.39, 0.29) is 10.8 Å². The molecule has 1 aliphatic rings. The normalized spacial score (nSPS) is 18.1. The summed E-state index contributed by atoms with van der Waals surface area (Å²) in [4.78, 5) is 1.61. The van der Waals surface area contributed by atoms with Crippen LogP contribution in [0.25, 0.3) is 16.7 Å². The summed E-state index contributed by atoms with van der Waals surface area (Å²) in [6, 6.07) is 29.0. The summed E-state index contributed by atoms with van der Waals surface area (Å²) in [6.45, 7) is 9.15. The second kappa shape index (κ2) is 8.07. The molecule has 0 spiro atoms. The molecular formula is C30H31N3O. The first-order valence-electron chi connectivity index (χ1n) is 11.8. The van der Waals surface area contributed by atoms with Crippen molar-refractivity contribution in [1.29, 1.82) is 0 Å². The van der Waals surface area contributed by atoms with Crippen molar-refractivity contribution in [2.45, 2.75) is 44.6 Å². The average molecular weight is 450 g/mol. The summed E-state index contributed by atoms with van der Waals surface area (Å²) >= 11 is 0. The van der Waals surface area contributed by atoms with Gasteiger partial charge < -0.3 is 5.11 Å². The van der Waals surface area contributed by atoms with Gasteiger partial charge in [-0.1, -0.05) is 113 Å². The summed E-state index contributed by atoms with van der Waals surface area (Å²) in [5.41, 5.74) is 3.62. The van der Waals surface area contributed by atoms with Crippen molar-refractivity contribution >= 4 is 16.7 Å². The second-order valence-electron chi connectivity index (χ2n) is 10.2. The highest BCUT2D eigenvalue weighted by molar-refractivity contribution is 5.74. The van der Waals surface area contributed by atoms with Crippen molar-refractivity contribution in [3.8, 4) is 0 Å². The molecule has 3 aromatic carbocycles. The van der Waals surface area contributed by atoms with Crippen molar-refractivity contribution in [3.63, 3.8) is 0 Å². The van der Waals surface area contributed by atoms with Gasteiger partial charge in [0.1, 0.15) is 17.1 Å². The van der Waals surface area contributed by atoms with Crippen LogP contribution in [0, 0.1) is 5.41 Å². The van der Waals surface area contributed by atoms with Crippen LogP contribution < -0.4 is 0 Å². The van der Waals surface area contributed by atoms with Gasteiger partial charge >= 0.3 is 0 Å². The maximum atomic E-state index is 11.1. The summed E-state index contributed by atoms with van der Waals surface area (Å²) in [6.07, 6.45) is 5.51. The van der Waals surface area contributed by atoms with E-state index < -0.39 is 11.5 Å². The van der Waals surface area contributed by atoms with E-state index in [9.17, 15) is 5.11 Å².